The number of hydrogen-bond donors (Lipinski definition) is 0. The van der Waals surface area contributed by atoms with Crippen LogP contribution in [0.25, 0.3) is 0 Å². The van der Waals surface area contributed by atoms with Gasteiger partial charge in [0.05, 0.1) is 5.92 Å². The SMILES string of the molecule is CCN(CC)Cc1ccc(C(CC(=O)c2ccccc2)C[N+](=O)[O-])cc1. The monoisotopic (exact) mass is 354 g/mol. The first kappa shape index (κ1) is 19.8. The van der Waals surface area contributed by atoms with Gasteiger partial charge >= 0.3 is 0 Å². The zero-order valence-corrected chi connectivity index (χ0v) is 15.4. The first-order chi connectivity index (χ1) is 12.5. The highest BCUT2D eigenvalue weighted by atomic mass is 16.6. The number of carbonyl (C=O) groups excluding carboxylic acids is 1. The van der Waals surface area contributed by atoms with E-state index in [1.165, 1.54) is 5.56 Å². The molecule has 2 aromatic carbocycles. The summed E-state index contributed by atoms with van der Waals surface area (Å²) in [5.74, 6) is -0.482. The van der Waals surface area contributed by atoms with Gasteiger partial charge in [0.2, 0.25) is 6.54 Å². The molecule has 0 bridgehead atoms. The van der Waals surface area contributed by atoms with Crippen LogP contribution in [0, 0.1) is 10.1 Å². The molecule has 138 valence electrons. The van der Waals surface area contributed by atoms with Crippen molar-refractivity contribution in [2.24, 2.45) is 0 Å². The van der Waals surface area contributed by atoms with Gasteiger partial charge < -0.3 is 0 Å². The van der Waals surface area contributed by atoms with Crippen molar-refractivity contribution in [3.05, 3.63) is 81.4 Å². The third-order valence-corrected chi connectivity index (χ3v) is 4.65. The molecule has 26 heavy (non-hydrogen) atoms. The van der Waals surface area contributed by atoms with E-state index in [1.807, 2.05) is 30.3 Å². The lowest BCUT2D eigenvalue weighted by molar-refractivity contribution is -0.483. The molecule has 2 rings (SSSR count). The van der Waals surface area contributed by atoms with E-state index in [1.54, 1.807) is 24.3 Å². The van der Waals surface area contributed by atoms with Gasteiger partial charge in [-0.2, -0.15) is 0 Å². The maximum Gasteiger partial charge on any atom is 0.211 e. The summed E-state index contributed by atoms with van der Waals surface area (Å²) in [5, 5.41) is 11.1. The van der Waals surface area contributed by atoms with Gasteiger partial charge in [0.25, 0.3) is 0 Å². The summed E-state index contributed by atoms with van der Waals surface area (Å²) in [7, 11) is 0. The van der Waals surface area contributed by atoms with Crippen molar-refractivity contribution in [3.63, 3.8) is 0 Å². The molecule has 2 aromatic rings. The molecule has 0 N–H and O–H groups in total. The van der Waals surface area contributed by atoms with E-state index in [0.717, 1.165) is 25.2 Å². The summed E-state index contributed by atoms with van der Waals surface area (Å²) in [6.45, 7) is 6.83. The smallest absolute Gasteiger partial charge is 0.211 e. The molecule has 0 aliphatic carbocycles. The van der Waals surface area contributed by atoms with Crippen molar-refractivity contribution in [2.45, 2.75) is 32.7 Å². The Morgan fingerprint density at radius 1 is 1.04 bits per heavy atom. The van der Waals surface area contributed by atoms with Gasteiger partial charge in [-0.25, -0.2) is 0 Å². The van der Waals surface area contributed by atoms with Gasteiger partial charge in [-0.1, -0.05) is 68.4 Å². The Balaban J connectivity index is 2.13. The van der Waals surface area contributed by atoms with Crippen LogP contribution in [0.1, 0.15) is 47.7 Å². The molecule has 5 nitrogen and oxygen atoms in total. The first-order valence-electron chi connectivity index (χ1n) is 9.04. The minimum Gasteiger partial charge on any atom is -0.300 e. The molecule has 0 amide bonds. The Morgan fingerprint density at radius 3 is 2.19 bits per heavy atom. The number of carbonyl (C=O) groups is 1. The third-order valence-electron chi connectivity index (χ3n) is 4.65. The largest absolute Gasteiger partial charge is 0.300 e. The van der Waals surface area contributed by atoms with Gasteiger partial charge in [0, 0.05) is 23.5 Å². The van der Waals surface area contributed by atoms with Crippen LogP contribution in [0.15, 0.2) is 54.6 Å². The van der Waals surface area contributed by atoms with Crippen molar-refractivity contribution in [2.75, 3.05) is 19.6 Å². The second-order valence-electron chi connectivity index (χ2n) is 6.41. The van der Waals surface area contributed by atoms with E-state index in [2.05, 4.69) is 18.7 Å². The van der Waals surface area contributed by atoms with E-state index < -0.39 is 5.92 Å². The lowest BCUT2D eigenvalue weighted by atomic mass is 9.91. The Morgan fingerprint density at radius 2 is 1.65 bits per heavy atom. The minimum atomic E-state index is -0.416. The Labute approximate surface area is 154 Å². The molecule has 0 radical (unpaired) electrons. The van der Waals surface area contributed by atoms with Crippen molar-refractivity contribution < 1.29 is 9.72 Å². The van der Waals surface area contributed by atoms with Crippen molar-refractivity contribution >= 4 is 5.78 Å². The Hall–Kier alpha value is -2.53. The molecular formula is C21H26N2O3. The van der Waals surface area contributed by atoms with Crippen LogP contribution in [-0.4, -0.2) is 35.2 Å². The molecule has 5 heteroatoms. The van der Waals surface area contributed by atoms with Gasteiger partial charge in [-0.05, 0) is 24.2 Å². The highest BCUT2D eigenvalue weighted by Gasteiger charge is 2.22. The summed E-state index contributed by atoms with van der Waals surface area (Å²) in [6, 6.07) is 16.8. The summed E-state index contributed by atoms with van der Waals surface area (Å²) in [6.07, 6.45) is 0.139. The van der Waals surface area contributed by atoms with Gasteiger partial charge in [0.15, 0.2) is 5.78 Å². The summed E-state index contributed by atoms with van der Waals surface area (Å²) >= 11 is 0. The molecular weight excluding hydrogens is 328 g/mol. The van der Waals surface area contributed by atoms with Gasteiger partial charge in [-0.3, -0.25) is 19.8 Å². The number of rotatable bonds is 10. The van der Waals surface area contributed by atoms with Crippen LogP contribution in [0.3, 0.4) is 0 Å². The number of benzene rings is 2. The summed E-state index contributed by atoms with van der Waals surface area (Å²) < 4.78 is 0. The lowest BCUT2D eigenvalue weighted by Gasteiger charge is -2.19. The number of ketones is 1. The zero-order valence-electron chi connectivity index (χ0n) is 15.4. The molecule has 0 aliphatic heterocycles. The quantitative estimate of drug-likeness (QED) is 0.365. The van der Waals surface area contributed by atoms with Gasteiger partial charge in [-0.15, -0.1) is 0 Å². The average Bonchev–Trinajstić information content (AvgIpc) is 2.66. The predicted molar refractivity (Wildman–Crippen MR) is 103 cm³/mol. The van der Waals surface area contributed by atoms with E-state index in [9.17, 15) is 14.9 Å². The molecule has 0 aromatic heterocycles. The topological polar surface area (TPSA) is 63.5 Å². The second-order valence-corrected chi connectivity index (χ2v) is 6.41. The van der Waals surface area contributed by atoms with Crippen LogP contribution >= 0.6 is 0 Å². The standard InChI is InChI=1S/C21H26N2O3/c1-3-22(4-2)15-17-10-12-18(13-11-17)20(16-23(25)26)14-21(24)19-8-6-5-7-9-19/h5-13,20H,3-4,14-16H2,1-2H3. The zero-order chi connectivity index (χ0) is 18.9. The van der Waals surface area contributed by atoms with Crippen molar-refractivity contribution in [3.8, 4) is 0 Å². The van der Waals surface area contributed by atoms with E-state index >= 15 is 0 Å². The highest BCUT2D eigenvalue weighted by molar-refractivity contribution is 5.96. The third kappa shape index (κ3) is 5.77. The number of nitro groups is 1. The molecule has 0 aliphatic rings. The van der Waals surface area contributed by atoms with Crippen LogP contribution in [0.2, 0.25) is 0 Å². The fraction of sp³-hybridized carbons (Fsp3) is 0.381. The molecule has 0 spiro atoms. The predicted octanol–water partition coefficient (Wildman–Crippen LogP) is 4.16. The van der Waals surface area contributed by atoms with Crippen LogP contribution in [-0.2, 0) is 6.54 Å². The molecule has 0 saturated heterocycles. The van der Waals surface area contributed by atoms with Crippen LogP contribution < -0.4 is 0 Å². The summed E-state index contributed by atoms with van der Waals surface area (Å²) in [4.78, 5) is 25.5. The average molecular weight is 354 g/mol. The second kappa shape index (κ2) is 9.82. The Bertz CT molecular complexity index is 710. The highest BCUT2D eigenvalue weighted by Crippen LogP contribution is 2.23. The Kier molecular flexibility index (Phi) is 7.48. The number of nitrogens with zero attached hydrogens (tertiary/aromatic N) is 2. The van der Waals surface area contributed by atoms with E-state index in [-0.39, 0.29) is 23.7 Å². The maximum absolute atomic E-state index is 12.5. The number of hydrogen-bond acceptors (Lipinski definition) is 4. The molecule has 0 heterocycles. The maximum atomic E-state index is 12.5. The van der Waals surface area contributed by atoms with Crippen molar-refractivity contribution in [1.29, 1.82) is 0 Å². The normalized spacial score (nSPS) is 12.1. The molecule has 0 saturated carbocycles. The van der Waals surface area contributed by atoms with Crippen LogP contribution in [0.4, 0.5) is 0 Å². The van der Waals surface area contributed by atoms with Gasteiger partial charge in [0.1, 0.15) is 0 Å². The lowest BCUT2D eigenvalue weighted by Crippen LogP contribution is -2.22. The summed E-state index contributed by atoms with van der Waals surface area (Å²) in [5.41, 5.74) is 2.61. The fourth-order valence-electron chi connectivity index (χ4n) is 3.03. The molecule has 0 fully saturated rings. The van der Waals surface area contributed by atoms with E-state index in [4.69, 9.17) is 0 Å². The first-order valence-corrected chi connectivity index (χ1v) is 9.04. The van der Waals surface area contributed by atoms with Crippen molar-refractivity contribution in [1.82, 2.24) is 4.90 Å². The molecule has 1 atom stereocenters. The number of Topliss-reactive ketones (excluding diaryl/α,β-unsaturated/α-hetero) is 1. The minimum absolute atomic E-state index is 0.0651. The molecule has 1 unspecified atom stereocenters. The van der Waals surface area contributed by atoms with Crippen LogP contribution in [0.5, 0.6) is 0 Å². The van der Waals surface area contributed by atoms with E-state index in [0.29, 0.717) is 5.56 Å². The fourth-order valence-corrected chi connectivity index (χ4v) is 3.03.